The lowest BCUT2D eigenvalue weighted by Gasteiger charge is -2.46. The summed E-state index contributed by atoms with van der Waals surface area (Å²) >= 11 is 0. The minimum atomic E-state index is -0.716. The van der Waals surface area contributed by atoms with Crippen LogP contribution in [0, 0.1) is 23.3 Å². The minimum Gasteiger partial charge on any atom is -0.310 e. The summed E-state index contributed by atoms with van der Waals surface area (Å²) in [5.74, 6) is -2.03. The molecule has 8 heteroatoms. The highest BCUT2D eigenvalue weighted by Crippen LogP contribution is 2.55. The lowest BCUT2D eigenvalue weighted by Crippen LogP contribution is -2.61. The van der Waals surface area contributed by atoms with Crippen molar-refractivity contribution in [2.24, 2.45) is 0 Å². The van der Waals surface area contributed by atoms with E-state index in [1.54, 1.807) is 72.8 Å². The van der Waals surface area contributed by atoms with Crippen molar-refractivity contribution in [1.82, 2.24) is 4.57 Å². The first-order valence-corrected chi connectivity index (χ1v) is 36.8. The average molecular weight is 1400 g/mol. The van der Waals surface area contributed by atoms with Gasteiger partial charge in [0.15, 0.2) is 0 Å². The molecule has 0 N–H and O–H groups in total. The van der Waals surface area contributed by atoms with Crippen LogP contribution in [0.5, 0.6) is 0 Å². The molecule has 1 aromatic heterocycles. The predicted octanol–water partition coefficient (Wildman–Crippen LogP) is 25.9. The number of para-hydroxylation sites is 3. The van der Waals surface area contributed by atoms with Crippen LogP contribution in [-0.2, 0) is 27.1 Å². The average Bonchev–Trinajstić information content (AvgIpc) is 0.851. The second-order valence-corrected chi connectivity index (χ2v) is 34.0. The first-order chi connectivity index (χ1) is 52.1. The normalized spacial score (nSPS) is 13.7. The molecule has 16 rings (SSSR count). The Balaban J connectivity index is 1.16. The standard InChI is InChI=1S/C98H88BF4N3/c1-94(2,3)63-44-47-86-78(56-63)73-32-20-25-41-85(73)104(86)68-57-89-91-90(58-68)106(93-76(71-30-18-23-39-83(71)102)35-27-36-77(93)72-31-19-24-40-84(72)103)88-46-43-60(62-50-66(97(10,11)12)55-67(51-62)98(13,14)15)53-80(88)99(91)79-52-59(61-48-64(95(4,5)6)54-65(49-61)96(7,8)9)42-45-87(79)105(89)92-74(69-28-16-21-37-81(69)100)33-26-34-75(92)70-29-17-22-38-82(70)101/h16-58H,1-15H3/i20D,25D,32D,41D. The van der Waals surface area contributed by atoms with Crippen molar-refractivity contribution in [3.8, 4) is 72.4 Å². The zero-order chi connectivity index (χ0) is 77.9. The molecule has 0 bridgehead atoms. The summed E-state index contributed by atoms with van der Waals surface area (Å²) in [4.78, 5) is 4.31. The van der Waals surface area contributed by atoms with Crippen molar-refractivity contribution in [3.63, 3.8) is 0 Å². The highest BCUT2D eigenvalue weighted by atomic mass is 19.1. The quantitative estimate of drug-likeness (QED) is 0.105. The molecular formula is C98H88BF4N3. The Morgan fingerprint density at radius 3 is 1.00 bits per heavy atom. The van der Waals surface area contributed by atoms with E-state index in [0.29, 0.717) is 78.4 Å². The SMILES string of the molecule is [2H]c1c([2H])c([2H])c2c(c1[2H])c1cc(C(C)(C)C)ccc1n2-c1cc2c3c(c1)N(c1c(-c4ccccc4F)cccc1-c1ccccc1F)c1ccc(-c4cc(C(C)(C)C)cc(C(C)(C)C)c4)cc1B3c1cc(-c3cc(C(C)(C)C)cc(C(C)(C)C)c3)ccc1N2c1c(-c2ccccc2F)cccc1-c1ccccc1F. The molecule has 0 spiro atoms. The summed E-state index contributed by atoms with van der Waals surface area (Å²) in [5, 5.41) is 0.918. The van der Waals surface area contributed by atoms with Gasteiger partial charge in [-0.3, -0.25) is 0 Å². The van der Waals surface area contributed by atoms with Gasteiger partial charge in [0.1, 0.15) is 23.3 Å². The largest absolute Gasteiger partial charge is 0.310 e. The van der Waals surface area contributed by atoms with Gasteiger partial charge >= 0.3 is 0 Å². The monoisotopic (exact) mass is 1400 g/mol. The number of anilines is 6. The molecule has 526 valence electrons. The molecule has 2 aliphatic heterocycles. The molecule has 0 saturated heterocycles. The smallest absolute Gasteiger partial charge is 0.252 e. The third-order valence-corrected chi connectivity index (χ3v) is 21.7. The van der Waals surface area contributed by atoms with Crippen LogP contribution >= 0.6 is 0 Å². The Morgan fingerprint density at radius 1 is 0.292 bits per heavy atom. The van der Waals surface area contributed by atoms with Crippen molar-refractivity contribution >= 4 is 79.0 Å². The maximum Gasteiger partial charge on any atom is 0.252 e. The van der Waals surface area contributed by atoms with E-state index in [4.69, 9.17) is 0 Å². The zero-order valence-electron chi connectivity index (χ0n) is 66.9. The van der Waals surface area contributed by atoms with Crippen LogP contribution in [0.15, 0.2) is 261 Å². The number of fused-ring (bicyclic) bond motifs is 7. The van der Waals surface area contributed by atoms with Crippen LogP contribution in [-0.4, -0.2) is 11.3 Å². The molecule has 106 heavy (non-hydrogen) atoms. The Morgan fingerprint density at radius 2 is 0.642 bits per heavy atom. The van der Waals surface area contributed by atoms with Gasteiger partial charge in [-0.05, 0) is 160 Å². The second kappa shape index (κ2) is 25.4. The fourth-order valence-corrected chi connectivity index (χ4v) is 15.9. The van der Waals surface area contributed by atoms with Gasteiger partial charge in [-0.15, -0.1) is 0 Å². The van der Waals surface area contributed by atoms with Gasteiger partial charge in [0, 0.05) is 78.0 Å². The van der Waals surface area contributed by atoms with Crippen molar-refractivity contribution in [2.75, 3.05) is 9.80 Å². The van der Waals surface area contributed by atoms with E-state index in [-0.39, 0.29) is 67.6 Å². The van der Waals surface area contributed by atoms with E-state index in [1.807, 2.05) is 59.2 Å². The minimum absolute atomic E-state index is 0.208. The van der Waals surface area contributed by atoms with Crippen molar-refractivity contribution in [2.45, 2.75) is 131 Å². The highest BCUT2D eigenvalue weighted by Gasteiger charge is 2.47. The second-order valence-electron chi connectivity index (χ2n) is 34.0. The zero-order valence-corrected chi connectivity index (χ0v) is 62.9. The highest BCUT2D eigenvalue weighted by molar-refractivity contribution is 7.00. The van der Waals surface area contributed by atoms with Gasteiger partial charge in [-0.2, -0.15) is 0 Å². The molecule has 2 aliphatic rings. The number of rotatable bonds is 9. The van der Waals surface area contributed by atoms with Crippen molar-refractivity contribution in [3.05, 3.63) is 312 Å². The van der Waals surface area contributed by atoms with Crippen LogP contribution in [0.25, 0.3) is 94.3 Å². The molecule has 3 nitrogen and oxygen atoms in total. The summed E-state index contributed by atoms with van der Waals surface area (Å²) in [6.45, 7) is 32.4. The Labute approximate surface area is 628 Å². The van der Waals surface area contributed by atoms with Gasteiger partial charge in [0.05, 0.1) is 33.6 Å². The molecule has 0 radical (unpaired) electrons. The molecule has 0 amide bonds. The lowest BCUT2D eigenvalue weighted by molar-refractivity contribution is 0.568. The van der Waals surface area contributed by atoms with E-state index in [2.05, 4.69) is 199 Å². The first-order valence-electron chi connectivity index (χ1n) is 38.8. The number of benzene rings is 13. The van der Waals surface area contributed by atoms with Gasteiger partial charge in [-0.25, -0.2) is 17.6 Å². The Kier molecular flexibility index (Phi) is 15.5. The first kappa shape index (κ1) is 64.6. The third-order valence-electron chi connectivity index (χ3n) is 21.7. The lowest BCUT2D eigenvalue weighted by atomic mass is 9.33. The van der Waals surface area contributed by atoms with E-state index >= 15 is 17.6 Å². The maximum atomic E-state index is 17.6. The molecule has 13 aromatic carbocycles. The molecule has 14 aromatic rings. The summed E-state index contributed by atoms with van der Waals surface area (Å²) in [6, 6.07) is 73.7. The Hall–Kier alpha value is -11.0. The van der Waals surface area contributed by atoms with Gasteiger partial charge in [-0.1, -0.05) is 298 Å². The van der Waals surface area contributed by atoms with E-state index in [9.17, 15) is 5.48 Å². The molecule has 0 unspecified atom stereocenters. The van der Waals surface area contributed by atoms with Crippen LogP contribution in [0.1, 0.15) is 137 Å². The van der Waals surface area contributed by atoms with Crippen LogP contribution in [0.4, 0.5) is 51.7 Å². The van der Waals surface area contributed by atoms with E-state index in [1.165, 1.54) is 24.3 Å². The fraction of sp³-hybridized carbons (Fsp3) is 0.204. The predicted molar refractivity (Wildman–Crippen MR) is 441 cm³/mol. The summed E-state index contributed by atoms with van der Waals surface area (Å²) in [7, 11) is 0. The van der Waals surface area contributed by atoms with Gasteiger partial charge in [0.25, 0.3) is 6.71 Å². The molecule has 0 aliphatic carbocycles. The summed E-state index contributed by atoms with van der Waals surface area (Å²) < 4.78 is 111. The van der Waals surface area contributed by atoms with E-state index < -0.39 is 41.4 Å². The Bertz CT molecular complexity index is 5670. The molecule has 0 atom stereocenters. The molecule has 0 fully saturated rings. The number of nitrogens with zero attached hydrogens (tertiary/aromatic N) is 3. The topological polar surface area (TPSA) is 11.4 Å². The number of aromatic nitrogens is 1. The van der Waals surface area contributed by atoms with Crippen molar-refractivity contribution in [1.29, 1.82) is 0 Å². The number of hydrogen-bond acceptors (Lipinski definition) is 2. The van der Waals surface area contributed by atoms with Crippen molar-refractivity contribution < 1.29 is 23.0 Å². The number of hydrogen-bond donors (Lipinski definition) is 0. The molecular weight excluding hydrogens is 1310 g/mol. The van der Waals surface area contributed by atoms with Crippen LogP contribution in [0.3, 0.4) is 0 Å². The number of halogens is 4. The van der Waals surface area contributed by atoms with Crippen LogP contribution in [0.2, 0.25) is 0 Å². The van der Waals surface area contributed by atoms with Gasteiger partial charge in [0.2, 0.25) is 0 Å². The van der Waals surface area contributed by atoms with Gasteiger partial charge < -0.3 is 14.4 Å². The molecule has 3 heterocycles. The third kappa shape index (κ3) is 11.9. The summed E-state index contributed by atoms with van der Waals surface area (Å²) in [6.07, 6.45) is 0. The maximum absolute atomic E-state index is 17.6. The fourth-order valence-electron chi connectivity index (χ4n) is 15.9. The van der Waals surface area contributed by atoms with E-state index in [0.717, 1.165) is 66.5 Å². The summed E-state index contributed by atoms with van der Waals surface area (Å²) in [5.41, 5.74) is 17.8. The van der Waals surface area contributed by atoms with Crippen LogP contribution < -0.4 is 26.2 Å². The molecule has 0 saturated carbocycles.